The van der Waals surface area contributed by atoms with Gasteiger partial charge in [0.1, 0.15) is 5.65 Å². The molecule has 0 saturated carbocycles. The Hall–Kier alpha value is -2.85. The summed E-state index contributed by atoms with van der Waals surface area (Å²) in [5.41, 5.74) is 11.3. The summed E-state index contributed by atoms with van der Waals surface area (Å²) in [5.74, 6) is 0. The van der Waals surface area contributed by atoms with Crippen LogP contribution in [0.3, 0.4) is 0 Å². The Morgan fingerprint density at radius 2 is 1.64 bits per heavy atom. The highest BCUT2D eigenvalue weighted by molar-refractivity contribution is 5.87. The molecule has 28 heavy (non-hydrogen) atoms. The Morgan fingerprint density at radius 3 is 2.46 bits per heavy atom. The number of likely N-dealkylation sites (tertiary alicyclic amines) is 1. The van der Waals surface area contributed by atoms with E-state index in [4.69, 9.17) is 10.7 Å². The van der Waals surface area contributed by atoms with E-state index in [0.717, 1.165) is 36.7 Å². The highest BCUT2D eigenvalue weighted by atomic mass is 15.2. The van der Waals surface area contributed by atoms with Crippen LogP contribution in [0, 0.1) is 0 Å². The molecular formula is C24H26N4. The van der Waals surface area contributed by atoms with Crippen LogP contribution < -0.4 is 5.73 Å². The first-order valence-electron chi connectivity index (χ1n) is 10.3. The van der Waals surface area contributed by atoms with E-state index in [-0.39, 0.29) is 0 Å². The van der Waals surface area contributed by atoms with Crippen LogP contribution in [-0.4, -0.2) is 27.4 Å². The van der Waals surface area contributed by atoms with Gasteiger partial charge in [-0.1, -0.05) is 49.2 Å². The molecule has 142 valence electrons. The van der Waals surface area contributed by atoms with Crippen LogP contribution in [-0.2, 0) is 6.54 Å². The predicted octanol–water partition coefficient (Wildman–Crippen LogP) is 5.11. The second-order valence-electron chi connectivity index (χ2n) is 7.85. The molecule has 1 saturated heterocycles. The molecule has 2 N–H and O–H groups in total. The van der Waals surface area contributed by atoms with Crippen LogP contribution in [0.1, 0.15) is 31.4 Å². The second-order valence-corrected chi connectivity index (χ2v) is 7.85. The van der Waals surface area contributed by atoms with Gasteiger partial charge in [-0.05, 0) is 54.9 Å². The van der Waals surface area contributed by atoms with Gasteiger partial charge in [0.15, 0.2) is 0 Å². The van der Waals surface area contributed by atoms with Crippen LogP contribution in [0.5, 0.6) is 0 Å². The van der Waals surface area contributed by atoms with Gasteiger partial charge in [0.25, 0.3) is 0 Å². The van der Waals surface area contributed by atoms with E-state index in [1.807, 2.05) is 18.3 Å². The van der Waals surface area contributed by atoms with Crippen LogP contribution in [0.4, 0.5) is 5.69 Å². The van der Waals surface area contributed by atoms with Gasteiger partial charge in [-0.3, -0.25) is 4.90 Å². The zero-order valence-electron chi connectivity index (χ0n) is 16.1. The quantitative estimate of drug-likeness (QED) is 0.545. The van der Waals surface area contributed by atoms with Gasteiger partial charge in [0.2, 0.25) is 0 Å². The van der Waals surface area contributed by atoms with Gasteiger partial charge in [-0.2, -0.15) is 0 Å². The average Bonchev–Trinajstić information content (AvgIpc) is 2.89. The van der Waals surface area contributed by atoms with E-state index >= 15 is 0 Å². The fraction of sp³-hybridized carbons (Fsp3) is 0.292. The number of aromatic nitrogens is 2. The van der Waals surface area contributed by atoms with Crippen LogP contribution in [0.25, 0.3) is 27.7 Å². The number of nitrogens with zero attached hydrogens (tertiary/aromatic N) is 3. The van der Waals surface area contributed by atoms with Crippen LogP contribution in [0.2, 0.25) is 0 Å². The van der Waals surface area contributed by atoms with Gasteiger partial charge in [-0.25, -0.2) is 4.98 Å². The highest BCUT2D eigenvalue weighted by Gasteiger charge is 2.18. The minimum atomic E-state index is 0.770. The molecule has 2 aromatic heterocycles. The minimum absolute atomic E-state index is 0.770. The summed E-state index contributed by atoms with van der Waals surface area (Å²) in [5, 5.41) is 2.51. The lowest BCUT2D eigenvalue weighted by Gasteiger charge is -2.20. The van der Waals surface area contributed by atoms with Gasteiger partial charge in [0, 0.05) is 24.0 Å². The third-order valence-corrected chi connectivity index (χ3v) is 5.84. The molecule has 5 rings (SSSR count). The first kappa shape index (κ1) is 17.3. The lowest BCUT2D eigenvalue weighted by atomic mass is 10.0. The Bertz CT molecular complexity index is 1120. The number of imidazole rings is 1. The largest absolute Gasteiger partial charge is 0.398 e. The molecule has 0 amide bonds. The van der Waals surface area contributed by atoms with Crippen LogP contribution >= 0.6 is 0 Å². The van der Waals surface area contributed by atoms with Crippen molar-refractivity contribution in [3.8, 4) is 11.3 Å². The first-order chi connectivity index (χ1) is 13.8. The highest BCUT2D eigenvalue weighted by Crippen LogP contribution is 2.29. The van der Waals surface area contributed by atoms with Gasteiger partial charge in [0.05, 0.1) is 11.4 Å². The van der Waals surface area contributed by atoms with E-state index in [1.54, 1.807) is 0 Å². The zero-order chi connectivity index (χ0) is 18.9. The number of benzene rings is 2. The summed E-state index contributed by atoms with van der Waals surface area (Å²) in [6, 6.07) is 19.1. The van der Waals surface area contributed by atoms with Gasteiger partial charge < -0.3 is 10.1 Å². The molecule has 0 spiro atoms. The SMILES string of the molecule is Nc1ccc2nc(-c3ccc4ccccc4c3)c(CN3CCCCCC3)n2c1. The third kappa shape index (κ3) is 3.25. The number of rotatable bonds is 3. The van der Waals surface area contributed by atoms with E-state index in [2.05, 4.69) is 51.8 Å². The average molecular weight is 371 g/mol. The fourth-order valence-electron chi connectivity index (χ4n) is 4.33. The predicted molar refractivity (Wildman–Crippen MR) is 116 cm³/mol. The Balaban J connectivity index is 1.63. The number of hydrogen-bond acceptors (Lipinski definition) is 3. The molecule has 0 aliphatic carbocycles. The smallest absolute Gasteiger partial charge is 0.137 e. The molecular weight excluding hydrogens is 344 g/mol. The molecule has 0 bridgehead atoms. The Kier molecular flexibility index (Phi) is 4.49. The van der Waals surface area contributed by atoms with Crippen molar-refractivity contribution >= 4 is 22.1 Å². The normalized spacial score (nSPS) is 15.9. The van der Waals surface area contributed by atoms with Crippen molar-refractivity contribution in [1.82, 2.24) is 14.3 Å². The second kappa shape index (κ2) is 7.28. The molecule has 4 heteroatoms. The van der Waals surface area contributed by atoms with Gasteiger partial charge in [-0.15, -0.1) is 0 Å². The van der Waals surface area contributed by atoms with Crippen molar-refractivity contribution in [3.63, 3.8) is 0 Å². The maximum atomic E-state index is 6.11. The fourth-order valence-corrected chi connectivity index (χ4v) is 4.33. The maximum absolute atomic E-state index is 6.11. The first-order valence-corrected chi connectivity index (χ1v) is 10.3. The molecule has 0 unspecified atom stereocenters. The van der Waals surface area contributed by atoms with Gasteiger partial charge >= 0.3 is 0 Å². The topological polar surface area (TPSA) is 46.6 Å². The summed E-state index contributed by atoms with van der Waals surface area (Å²) < 4.78 is 2.19. The summed E-state index contributed by atoms with van der Waals surface area (Å²) in [6.07, 6.45) is 7.26. The Labute approximate surface area is 165 Å². The van der Waals surface area contributed by atoms with Crippen LogP contribution in [0.15, 0.2) is 60.8 Å². The minimum Gasteiger partial charge on any atom is -0.398 e. The zero-order valence-corrected chi connectivity index (χ0v) is 16.1. The number of anilines is 1. The summed E-state index contributed by atoms with van der Waals surface area (Å²) in [4.78, 5) is 7.57. The van der Waals surface area contributed by atoms with E-state index < -0.39 is 0 Å². The lowest BCUT2D eigenvalue weighted by Crippen LogP contribution is -2.25. The monoisotopic (exact) mass is 370 g/mol. The molecule has 1 aliphatic rings. The Morgan fingerprint density at radius 1 is 0.857 bits per heavy atom. The van der Waals surface area contributed by atoms with E-state index in [0.29, 0.717) is 0 Å². The number of nitrogen functional groups attached to an aromatic ring is 1. The lowest BCUT2D eigenvalue weighted by molar-refractivity contribution is 0.273. The standard InChI is InChI=1S/C24H26N4/c25-21-11-12-23-26-24(20-10-9-18-7-3-4-8-19(18)15-20)22(28(23)16-21)17-27-13-5-1-2-6-14-27/h3-4,7-12,15-16H,1-2,5-6,13-14,17,25H2. The third-order valence-electron chi connectivity index (χ3n) is 5.84. The molecule has 1 aliphatic heterocycles. The van der Waals surface area contributed by atoms with Crippen molar-refractivity contribution in [2.45, 2.75) is 32.2 Å². The number of nitrogens with two attached hydrogens (primary N) is 1. The molecule has 4 nitrogen and oxygen atoms in total. The van der Waals surface area contributed by atoms with Crippen molar-refractivity contribution in [2.75, 3.05) is 18.8 Å². The number of pyridine rings is 1. The number of fused-ring (bicyclic) bond motifs is 2. The summed E-state index contributed by atoms with van der Waals surface area (Å²) >= 11 is 0. The molecule has 0 atom stereocenters. The van der Waals surface area contributed by atoms with Crippen molar-refractivity contribution in [2.24, 2.45) is 0 Å². The molecule has 2 aromatic carbocycles. The number of hydrogen-bond donors (Lipinski definition) is 1. The molecule has 3 heterocycles. The maximum Gasteiger partial charge on any atom is 0.137 e. The van der Waals surface area contributed by atoms with E-state index in [1.165, 1.54) is 47.7 Å². The van der Waals surface area contributed by atoms with Crippen molar-refractivity contribution in [1.29, 1.82) is 0 Å². The van der Waals surface area contributed by atoms with Crippen molar-refractivity contribution in [3.05, 3.63) is 66.5 Å². The molecule has 1 fully saturated rings. The van der Waals surface area contributed by atoms with Crippen molar-refractivity contribution < 1.29 is 0 Å². The summed E-state index contributed by atoms with van der Waals surface area (Å²) in [7, 11) is 0. The summed E-state index contributed by atoms with van der Waals surface area (Å²) in [6.45, 7) is 3.23. The molecule has 0 radical (unpaired) electrons. The van der Waals surface area contributed by atoms with E-state index in [9.17, 15) is 0 Å². The molecule has 4 aromatic rings.